The molecular formula is C17H30IN3O2. The van der Waals surface area contributed by atoms with Gasteiger partial charge in [-0.05, 0) is 38.3 Å². The highest BCUT2D eigenvalue weighted by Gasteiger charge is 1.99. The molecule has 0 amide bonds. The second-order valence-electron chi connectivity index (χ2n) is 4.94. The minimum atomic E-state index is 0. The average molecular weight is 435 g/mol. The summed E-state index contributed by atoms with van der Waals surface area (Å²) in [4.78, 5) is 4.19. The first-order valence-corrected chi connectivity index (χ1v) is 7.98. The van der Waals surface area contributed by atoms with Gasteiger partial charge in [-0.1, -0.05) is 18.2 Å². The standard InChI is InChI=1S/C17H29N3O2.HI/c1-4-21-13-8-7-11-19-17(18-3)20-12-14-22-16-10-6-5-9-15(16)2;/h5-6,9-10H,4,7-8,11-14H2,1-3H3,(H2,18,19,20);1H. The van der Waals surface area contributed by atoms with E-state index in [1.165, 1.54) is 0 Å². The van der Waals surface area contributed by atoms with Gasteiger partial charge in [0.15, 0.2) is 5.96 Å². The Hall–Kier alpha value is -1.02. The van der Waals surface area contributed by atoms with Gasteiger partial charge in [0.1, 0.15) is 12.4 Å². The molecule has 23 heavy (non-hydrogen) atoms. The fourth-order valence-corrected chi connectivity index (χ4v) is 1.95. The van der Waals surface area contributed by atoms with Crippen molar-refractivity contribution in [2.45, 2.75) is 26.7 Å². The zero-order chi connectivity index (χ0) is 16.0. The van der Waals surface area contributed by atoms with Crippen molar-refractivity contribution in [3.63, 3.8) is 0 Å². The Morgan fingerprint density at radius 3 is 2.52 bits per heavy atom. The van der Waals surface area contributed by atoms with Crippen molar-refractivity contribution in [3.05, 3.63) is 29.8 Å². The number of aliphatic imine (C=N–C) groups is 1. The second kappa shape index (κ2) is 14.6. The number of unbranched alkanes of at least 4 members (excludes halogenated alkanes) is 1. The van der Waals surface area contributed by atoms with Crippen LogP contribution < -0.4 is 15.4 Å². The van der Waals surface area contributed by atoms with Gasteiger partial charge in [0.2, 0.25) is 0 Å². The molecule has 0 saturated heterocycles. The number of nitrogens with one attached hydrogen (secondary N) is 2. The predicted octanol–water partition coefficient (Wildman–Crippen LogP) is 2.97. The van der Waals surface area contributed by atoms with Gasteiger partial charge in [0.05, 0.1) is 6.54 Å². The summed E-state index contributed by atoms with van der Waals surface area (Å²) in [6.45, 7) is 7.90. The first-order valence-electron chi connectivity index (χ1n) is 7.98. The van der Waals surface area contributed by atoms with Gasteiger partial charge in [-0.15, -0.1) is 24.0 Å². The van der Waals surface area contributed by atoms with Crippen molar-refractivity contribution in [3.8, 4) is 5.75 Å². The third-order valence-corrected chi connectivity index (χ3v) is 3.18. The highest BCUT2D eigenvalue weighted by Crippen LogP contribution is 2.15. The molecule has 0 unspecified atom stereocenters. The Morgan fingerprint density at radius 2 is 1.83 bits per heavy atom. The summed E-state index contributed by atoms with van der Waals surface area (Å²) in [5, 5.41) is 6.53. The Kier molecular flexibility index (Phi) is 13.9. The summed E-state index contributed by atoms with van der Waals surface area (Å²) in [7, 11) is 1.78. The van der Waals surface area contributed by atoms with Crippen LogP contribution >= 0.6 is 24.0 Å². The largest absolute Gasteiger partial charge is 0.491 e. The zero-order valence-corrected chi connectivity index (χ0v) is 16.8. The molecule has 0 atom stereocenters. The Morgan fingerprint density at radius 1 is 1.09 bits per heavy atom. The number of benzene rings is 1. The highest BCUT2D eigenvalue weighted by molar-refractivity contribution is 14.0. The number of rotatable bonds is 10. The fraction of sp³-hybridized carbons (Fsp3) is 0.588. The molecule has 1 aromatic carbocycles. The molecule has 2 N–H and O–H groups in total. The Bertz CT molecular complexity index is 442. The van der Waals surface area contributed by atoms with Crippen molar-refractivity contribution in [2.75, 3.05) is 40.0 Å². The first-order chi connectivity index (χ1) is 10.8. The van der Waals surface area contributed by atoms with E-state index in [0.29, 0.717) is 13.2 Å². The molecule has 1 aromatic rings. The van der Waals surface area contributed by atoms with Crippen LogP contribution in [0.3, 0.4) is 0 Å². The van der Waals surface area contributed by atoms with Crippen LogP contribution in [0.1, 0.15) is 25.3 Å². The zero-order valence-electron chi connectivity index (χ0n) is 14.4. The van der Waals surface area contributed by atoms with Crippen LogP contribution in [0.15, 0.2) is 29.3 Å². The number of halogens is 1. The summed E-state index contributed by atoms with van der Waals surface area (Å²) < 4.78 is 11.0. The molecular weight excluding hydrogens is 405 g/mol. The highest BCUT2D eigenvalue weighted by atomic mass is 127. The molecule has 1 rings (SSSR count). The molecule has 0 aliphatic carbocycles. The molecule has 0 aliphatic heterocycles. The summed E-state index contributed by atoms with van der Waals surface area (Å²) in [6, 6.07) is 8.03. The third kappa shape index (κ3) is 10.4. The maximum atomic E-state index is 5.74. The van der Waals surface area contributed by atoms with Crippen LogP contribution in [0.25, 0.3) is 0 Å². The number of para-hydroxylation sites is 1. The van der Waals surface area contributed by atoms with Crippen LogP contribution in [0, 0.1) is 6.92 Å². The summed E-state index contributed by atoms with van der Waals surface area (Å²) in [5.74, 6) is 1.74. The number of aryl methyl sites for hydroxylation is 1. The lowest BCUT2D eigenvalue weighted by Gasteiger charge is -2.13. The van der Waals surface area contributed by atoms with Gasteiger partial charge in [0.25, 0.3) is 0 Å². The van der Waals surface area contributed by atoms with Crippen LogP contribution in [-0.2, 0) is 4.74 Å². The van der Waals surface area contributed by atoms with Crippen molar-refractivity contribution in [2.24, 2.45) is 4.99 Å². The lowest BCUT2D eigenvalue weighted by molar-refractivity contribution is 0.143. The molecule has 0 fully saturated rings. The van der Waals surface area contributed by atoms with E-state index < -0.39 is 0 Å². The number of nitrogens with zero attached hydrogens (tertiary/aromatic N) is 1. The molecule has 0 spiro atoms. The minimum Gasteiger partial charge on any atom is -0.491 e. The maximum Gasteiger partial charge on any atom is 0.191 e. The van der Waals surface area contributed by atoms with E-state index in [1.54, 1.807) is 7.05 Å². The Balaban J connectivity index is 0.00000484. The van der Waals surface area contributed by atoms with E-state index in [9.17, 15) is 0 Å². The van der Waals surface area contributed by atoms with E-state index >= 15 is 0 Å². The molecule has 132 valence electrons. The van der Waals surface area contributed by atoms with Crippen molar-refractivity contribution in [1.29, 1.82) is 0 Å². The van der Waals surface area contributed by atoms with E-state index in [-0.39, 0.29) is 24.0 Å². The van der Waals surface area contributed by atoms with Crippen molar-refractivity contribution >= 4 is 29.9 Å². The third-order valence-electron chi connectivity index (χ3n) is 3.18. The molecule has 6 heteroatoms. The molecule has 0 heterocycles. The van der Waals surface area contributed by atoms with Gasteiger partial charge in [0, 0.05) is 26.8 Å². The van der Waals surface area contributed by atoms with Crippen molar-refractivity contribution < 1.29 is 9.47 Å². The van der Waals surface area contributed by atoms with Gasteiger partial charge in [-0.2, -0.15) is 0 Å². The second-order valence-corrected chi connectivity index (χ2v) is 4.94. The van der Waals surface area contributed by atoms with Crippen LogP contribution in [0.4, 0.5) is 0 Å². The van der Waals surface area contributed by atoms with Gasteiger partial charge < -0.3 is 20.1 Å². The molecule has 0 radical (unpaired) electrons. The maximum absolute atomic E-state index is 5.74. The van der Waals surface area contributed by atoms with Gasteiger partial charge in [-0.3, -0.25) is 4.99 Å². The van der Waals surface area contributed by atoms with E-state index in [0.717, 1.165) is 49.9 Å². The van der Waals surface area contributed by atoms with Gasteiger partial charge in [-0.25, -0.2) is 0 Å². The molecule has 0 bridgehead atoms. The number of hydrogen-bond donors (Lipinski definition) is 2. The fourth-order valence-electron chi connectivity index (χ4n) is 1.95. The minimum absolute atomic E-state index is 0. The number of guanidine groups is 1. The molecule has 0 saturated carbocycles. The van der Waals surface area contributed by atoms with Crippen LogP contribution in [0.2, 0.25) is 0 Å². The first kappa shape index (κ1) is 22.0. The lowest BCUT2D eigenvalue weighted by atomic mass is 10.2. The van der Waals surface area contributed by atoms with E-state index in [2.05, 4.69) is 15.6 Å². The Labute approximate surface area is 157 Å². The monoisotopic (exact) mass is 435 g/mol. The van der Waals surface area contributed by atoms with Gasteiger partial charge >= 0.3 is 0 Å². The molecule has 0 aromatic heterocycles. The predicted molar refractivity (Wildman–Crippen MR) is 107 cm³/mol. The number of hydrogen-bond acceptors (Lipinski definition) is 3. The summed E-state index contributed by atoms with van der Waals surface area (Å²) in [5.41, 5.74) is 1.15. The topological polar surface area (TPSA) is 54.9 Å². The smallest absolute Gasteiger partial charge is 0.191 e. The SMILES string of the molecule is CCOCCCCNC(=NC)NCCOc1ccccc1C.I. The van der Waals surface area contributed by atoms with Crippen molar-refractivity contribution in [1.82, 2.24) is 10.6 Å². The van der Waals surface area contributed by atoms with E-state index in [1.807, 2.05) is 38.1 Å². The summed E-state index contributed by atoms with van der Waals surface area (Å²) >= 11 is 0. The normalized spacial score (nSPS) is 10.8. The number of ether oxygens (including phenoxy) is 2. The molecule has 0 aliphatic rings. The summed E-state index contributed by atoms with van der Waals surface area (Å²) in [6.07, 6.45) is 2.13. The van der Waals surface area contributed by atoms with Crippen LogP contribution in [-0.4, -0.2) is 45.9 Å². The van der Waals surface area contributed by atoms with E-state index in [4.69, 9.17) is 9.47 Å². The quantitative estimate of drug-likeness (QED) is 0.257. The van der Waals surface area contributed by atoms with Crippen LogP contribution in [0.5, 0.6) is 5.75 Å². The average Bonchev–Trinajstić information content (AvgIpc) is 2.54. The lowest BCUT2D eigenvalue weighted by Crippen LogP contribution is -2.39. The molecule has 5 nitrogen and oxygen atoms in total.